The predicted molar refractivity (Wildman–Crippen MR) is 105 cm³/mol. The maximum absolute atomic E-state index is 12.9. The summed E-state index contributed by atoms with van der Waals surface area (Å²) in [4.78, 5) is 12.9. The van der Waals surface area contributed by atoms with E-state index in [1.54, 1.807) is 19.1 Å². The summed E-state index contributed by atoms with van der Waals surface area (Å²) < 4.78 is 11.5. The van der Waals surface area contributed by atoms with Gasteiger partial charge in [0, 0.05) is 21.1 Å². The van der Waals surface area contributed by atoms with Gasteiger partial charge in [0.25, 0.3) is 5.91 Å². The van der Waals surface area contributed by atoms with Gasteiger partial charge in [0.1, 0.15) is 22.8 Å². The van der Waals surface area contributed by atoms with Gasteiger partial charge in [0.2, 0.25) is 0 Å². The van der Waals surface area contributed by atoms with E-state index in [1.165, 1.54) is 7.11 Å². The first-order valence-corrected chi connectivity index (χ1v) is 8.95. The molecule has 3 rings (SSSR count). The third-order valence-corrected chi connectivity index (χ3v) is 4.82. The van der Waals surface area contributed by atoms with Crippen LogP contribution in [0.2, 0.25) is 5.02 Å². The predicted octanol–water partition coefficient (Wildman–Crippen LogP) is 5.64. The number of carbonyl (C=O) groups excluding carboxylic acids is 1. The topological polar surface area (TPSA) is 64.4 Å². The second-order valence-corrected chi connectivity index (χ2v) is 7.05. The van der Waals surface area contributed by atoms with Gasteiger partial charge < -0.3 is 14.6 Å². The van der Waals surface area contributed by atoms with Gasteiger partial charge in [-0.25, -0.2) is 0 Å². The SMILES string of the molecule is COc1cc(Cl)c(C)cc1NC(=O)c1c(-c2cccc(Br)c2)noc1C. The Morgan fingerprint density at radius 2 is 2.04 bits per heavy atom. The van der Waals surface area contributed by atoms with Crippen LogP contribution in [0.1, 0.15) is 21.7 Å². The lowest BCUT2D eigenvalue weighted by Crippen LogP contribution is -2.14. The Kier molecular flexibility index (Phi) is 5.34. The molecule has 0 spiro atoms. The van der Waals surface area contributed by atoms with E-state index in [0.29, 0.717) is 33.5 Å². The summed E-state index contributed by atoms with van der Waals surface area (Å²) in [5.74, 6) is 0.577. The molecule has 26 heavy (non-hydrogen) atoms. The van der Waals surface area contributed by atoms with E-state index in [1.807, 2.05) is 31.2 Å². The molecule has 1 N–H and O–H groups in total. The highest BCUT2D eigenvalue weighted by molar-refractivity contribution is 9.10. The normalized spacial score (nSPS) is 10.7. The van der Waals surface area contributed by atoms with Crippen LogP contribution in [0.4, 0.5) is 5.69 Å². The standard InChI is InChI=1S/C19H16BrClN2O3/c1-10-7-15(16(25-3)9-14(10)21)22-19(24)17-11(2)26-23-18(17)12-5-4-6-13(20)8-12/h4-9H,1-3H3,(H,22,24). The zero-order chi connectivity index (χ0) is 18.8. The number of amides is 1. The van der Waals surface area contributed by atoms with E-state index in [-0.39, 0.29) is 5.91 Å². The van der Waals surface area contributed by atoms with Crippen LogP contribution in [-0.4, -0.2) is 18.2 Å². The Hall–Kier alpha value is -2.31. The van der Waals surface area contributed by atoms with Gasteiger partial charge in [-0.2, -0.15) is 0 Å². The minimum Gasteiger partial charge on any atom is -0.495 e. The Morgan fingerprint density at radius 1 is 1.27 bits per heavy atom. The molecule has 0 saturated carbocycles. The van der Waals surface area contributed by atoms with Crippen molar-refractivity contribution in [2.45, 2.75) is 13.8 Å². The summed E-state index contributed by atoms with van der Waals surface area (Å²) in [5.41, 5.74) is 2.99. The molecular weight excluding hydrogens is 420 g/mol. The lowest BCUT2D eigenvalue weighted by Gasteiger charge is -2.12. The van der Waals surface area contributed by atoms with Crippen molar-refractivity contribution in [3.05, 3.63) is 62.8 Å². The number of nitrogens with zero attached hydrogens (tertiary/aromatic N) is 1. The molecule has 1 amide bonds. The lowest BCUT2D eigenvalue weighted by molar-refractivity contribution is 0.102. The molecule has 0 bridgehead atoms. The number of hydrogen-bond acceptors (Lipinski definition) is 4. The molecule has 7 heteroatoms. The molecule has 0 aliphatic rings. The molecule has 1 aromatic heterocycles. The third kappa shape index (κ3) is 3.61. The molecular formula is C19H16BrClN2O3. The number of anilines is 1. The van der Waals surface area contributed by atoms with Gasteiger partial charge in [-0.1, -0.05) is 44.8 Å². The van der Waals surface area contributed by atoms with Gasteiger partial charge >= 0.3 is 0 Å². The monoisotopic (exact) mass is 434 g/mol. The fourth-order valence-corrected chi connectivity index (χ4v) is 3.14. The number of ether oxygens (including phenoxy) is 1. The van der Waals surface area contributed by atoms with E-state index in [9.17, 15) is 4.79 Å². The fourth-order valence-electron chi connectivity index (χ4n) is 2.59. The van der Waals surface area contributed by atoms with E-state index in [2.05, 4.69) is 26.4 Å². The van der Waals surface area contributed by atoms with Gasteiger partial charge in [0.15, 0.2) is 0 Å². The van der Waals surface area contributed by atoms with Gasteiger partial charge in [0.05, 0.1) is 12.8 Å². The lowest BCUT2D eigenvalue weighted by atomic mass is 10.1. The summed E-state index contributed by atoms with van der Waals surface area (Å²) in [6, 6.07) is 10.9. The highest BCUT2D eigenvalue weighted by atomic mass is 79.9. The molecule has 0 aliphatic carbocycles. The van der Waals surface area contributed by atoms with Crippen molar-refractivity contribution in [2.24, 2.45) is 0 Å². The number of hydrogen-bond donors (Lipinski definition) is 1. The average molecular weight is 436 g/mol. The maximum atomic E-state index is 12.9. The molecule has 0 saturated heterocycles. The second-order valence-electron chi connectivity index (χ2n) is 5.73. The largest absolute Gasteiger partial charge is 0.495 e. The quantitative estimate of drug-likeness (QED) is 0.576. The summed E-state index contributed by atoms with van der Waals surface area (Å²) in [6.45, 7) is 3.56. The van der Waals surface area contributed by atoms with E-state index in [0.717, 1.165) is 15.6 Å². The molecule has 2 aromatic carbocycles. The Bertz CT molecular complexity index is 985. The van der Waals surface area contributed by atoms with Crippen molar-refractivity contribution in [3.8, 4) is 17.0 Å². The Labute approximate surface area is 164 Å². The van der Waals surface area contributed by atoms with E-state index >= 15 is 0 Å². The van der Waals surface area contributed by atoms with Crippen molar-refractivity contribution in [1.82, 2.24) is 5.16 Å². The summed E-state index contributed by atoms with van der Waals surface area (Å²) in [7, 11) is 1.52. The molecule has 5 nitrogen and oxygen atoms in total. The summed E-state index contributed by atoms with van der Waals surface area (Å²) >= 11 is 9.55. The average Bonchev–Trinajstić information content (AvgIpc) is 2.99. The summed E-state index contributed by atoms with van der Waals surface area (Å²) in [6.07, 6.45) is 0. The minimum absolute atomic E-state index is 0.334. The number of methoxy groups -OCH3 is 1. The molecule has 0 fully saturated rings. The smallest absolute Gasteiger partial charge is 0.261 e. The number of nitrogens with one attached hydrogen (secondary N) is 1. The van der Waals surface area contributed by atoms with Crippen molar-refractivity contribution in [3.63, 3.8) is 0 Å². The molecule has 0 atom stereocenters. The van der Waals surface area contributed by atoms with Crippen LogP contribution in [0, 0.1) is 13.8 Å². The number of aromatic nitrogens is 1. The molecule has 1 heterocycles. The number of benzene rings is 2. The van der Waals surface area contributed by atoms with Crippen LogP contribution in [0.15, 0.2) is 45.4 Å². The van der Waals surface area contributed by atoms with Crippen molar-refractivity contribution in [2.75, 3.05) is 12.4 Å². The zero-order valence-corrected chi connectivity index (χ0v) is 16.7. The molecule has 0 aliphatic heterocycles. The van der Waals surface area contributed by atoms with Gasteiger partial charge in [-0.05, 0) is 37.6 Å². The highest BCUT2D eigenvalue weighted by Gasteiger charge is 2.23. The van der Waals surface area contributed by atoms with E-state index in [4.69, 9.17) is 20.9 Å². The van der Waals surface area contributed by atoms with Crippen molar-refractivity contribution in [1.29, 1.82) is 0 Å². The fraction of sp³-hybridized carbons (Fsp3) is 0.158. The highest BCUT2D eigenvalue weighted by Crippen LogP contribution is 2.33. The van der Waals surface area contributed by atoms with Crippen molar-refractivity contribution < 1.29 is 14.1 Å². The summed E-state index contributed by atoms with van der Waals surface area (Å²) in [5, 5.41) is 7.48. The van der Waals surface area contributed by atoms with Crippen LogP contribution in [0.5, 0.6) is 5.75 Å². The van der Waals surface area contributed by atoms with Crippen LogP contribution in [0.3, 0.4) is 0 Å². The zero-order valence-electron chi connectivity index (χ0n) is 14.4. The minimum atomic E-state index is -0.334. The first-order chi connectivity index (χ1) is 12.4. The Balaban J connectivity index is 2.00. The van der Waals surface area contributed by atoms with Crippen LogP contribution < -0.4 is 10.1 Å². The van der Waals surface area contributed by atoms with Crippen LogP contribution in [-0.2, 0) is 0 Å². The number of halogens is 2. The molecule has 134 valence electrons. The van der Waals surface area contributed by atoms with Crippen LogP contribution in [0.25, 0.3) is 11.3 Å². The van der Waals surface area contributed by atoms with Gasteiger partial charge in [-0.3, -0.25) is 4.79 Å². The first kappa shape index (κ1) is 18.5. The number of aryl methyl sites for hydroxylation is 2. The van der Waals surface area contributed by atoms with Crippen LogP contribution >= 0.6 is 27.5 Å². The van der Waals surface area contributed by atoms with Crippen molar-refractivity contribution >= 4 is 39.1 Å². The van der Waals surface area contributed by atoms with Gasteiger partial charge in [-0.15, -0.1) is 0 Å². The Morgan fingerprint density at radius 3 is 2.73 bits per heavy atom. The maximum Gasteiger partial charge on any atom is 0.261 e. The molecule has 0 radical (unpaired) electrons. The molecule has 3 aromatic rings. The number of rotatable bonds is 4. The number of carbonyl (C=O) groups is 1. The molecule has 0 unspecified atom stereocenters. The first-order valence-electron chi connectivity index (χ1n) is 7.78. The second kappa shape index (κ2) is 7.51. The van der Waals surface area contributed by atoms with E-state index < -0.39 is 0 Å². The third-order valence-electron chi connectivity index (χ3n) is 3.92.